The molecular weight excluding hydrogens is 216 g/mol. The molecule has 0 spiro atoms. The molecule has 0 fully saturated rings. The van der Waals surface area contributed by atoms with E-state index in [0.29, 0.717) is 5.52 Å². The van der Waals surface area contributed by atoms with Crippen LogP contribution >= 0.6 is 0 Å². The Bertz CT molecular complexity index is 569. The first-order chi connectivity index (χ1) is 7.41. The fraction of sp³-hybridized carbons (Fsp3) is 0.364. The number of hydrogen-bond acceptors (Lipinski definition) is 2. The van der Waals surface area contributed by atoms with Gasteiger partial charge in [-0.2, -0.15) is 0 Å². The minimum absolute atomic E-state index is 0.141. The van der Waals surface area contributed by atoms with Crippen molar-refractivity contribution in [1.82, 2.24) is 4.98 Å². The van der Waals surface area contributed by atoms with Gasteiger partial charge in [-0.25, -0.2) is 13.6 Å². The zero-order valence-electron chi connectivity index (χ0n) is 8.88. The lowest BCUT2D eigenvalue weighted by molar-refractivity contribution is -0.0513. The third kappa shape index (κ3) is 1.62. The lowest BCUT2D eigenvalue weighted by Crippen LogP contribution is -2.20. The summed E-state index contributed by atoms with van der Waals surface area (Å²) >= 11 is 0. The molecule has 0 saturated carbocycles. The normalized spacial score (nSPS) is 12.6. The topological polar surface area (TPSA) is 46.0 Å². The molecule has 0 radical (unpaired) electrons. The highest BCUT2D eigenvalue weighted by Crippen LogP contribution is 2.36. The van der Waals surface area contributed by atoms with Crippen molar-refractivity contribution in [3.8, 4) is 0 Å². The molecule has 0 aliphatic heterocycles. The van der Waals surface area contributed by atoms with Crippen LogP contribution in [0.1, 0.15) is 19.4 Å². The molecule has 0 aliphatic rings. The first-order valence-electron chi connectivity index (χ1n) is 4.92. The summed E-state index contributed by atoms with van der Waals surface area (Å²) in [6.07, 6.45) is 0. The van der Waals surface area contributed by atoms with E-state index in [1.165, 1.54) is 32.0 Å². The van der Waals surface area contributed by atoms with Gasteiger partial charge in [0.15, 0.2) is 5.58 Å². The fourth-order valence-electron chi connectivity index (χ4n) is 1.49. The highest BCUT2D eigenvalue weighted by atomic mass is 19.3. The standard InChI is InChI=1S/C11H11F2NO2/c1-6(2)11(12,13)7-3-4-8-9(5-7)16-10(15)14-8/h3-6H,1-2H3,(H,14,15). The Hall–Kier alpha value is -1.65. The molecule has 0 aliphatic carbocycles. The fourth-order valence-corrected chi connectivity index (χ4v) is 1.49. The first kappa shape index (κ1) is 10.9. The molecule has 0 unspecified atom stereocenters. The van der Waals surface area contributed by atoms with Gasteiger partial charge in [0.1, 0.15) is 0 Å². The number of aromatic nitrogens is 1. The Morgan fingerprint density at radius 3 is 2.69 bits per heavy atom. The second-order valence-corrected chi connectivity index (χ2v) is 4.00. The molecule has 1 heterocycles. The summed E-state index contributed by atoms with van der Waals surface area (Å²) < 4.78 is 32.1. The Kier molecular flexibility index (Phi) is 2.33. The van der Waals surface area contributed by atoms with E-state index in [2.05, 4.69) is 4.98 Å². The third-order valence-corrected chi connectivity index (χ3v) is 2.53. The summed E-state index contributed by atoms with van der Waals surface area (Å²) in [6.45, 7) is 2.88. The van der Waals surface area contributed by atoms with Gasteiger partial charge in [0.2, 0.25) is 0 Å². The second-order valence-electron chi connectivity index (χ2n) is 4.00. The average molecular weight is 227 g/mol. The quantitative estimate of drug-likeness (QED) is 0.857. The maximum atomic E-state index is 13.7. The summed E-state index contributed by atoms with van der Waals surface area (Å²) in [5, 5.41) is 0. The number of rotatable bonds is 2. The summed E-state index contributed by atoms with van der Waals surface area (Å²) in [7, 11) is 0. The van der Waals surface area contributed by atoms with Crippen molar-refractivity contribution >= 4 is 11.1 Å². The molecule has 0 bridgehead atoms. The summed E-state index contributed by atoms with van der Waals surface area (Å²) in [6, 6.07) is 3.92. The zero-order chi connectivity index (χ0) is 11.9. The van der Waals surface area contributed by atoms with Crippen molar-refractivity contribution in [3.63, 3.8) is 0 Å². The van der Waals surface area contributed by atoms with E-state index in [1.807, 2.05) is 0 Å². The van der Waals surface area contributed by atoms with Crippen molar-refractivity contribution in [2.45, 2.75) is 19.8 Å². The van der Waals surface area contributed by atoms with Crippen molar-refractivity contribution < 1.29 is 13.2 Å². The van der Waals surface area contributed by atoms with E-state index in [1.54, 1.807) is 0 Å². The van der Waals surface area contributed by atoms with Gasteiger partial charge in [-0.3, -0.25) is 4.98 Å². The largest absolute Gasteiger partial charge is 0.417 e. The maximum absolute atomic E-state index is 13.7. The molecule has 0 amide bonds. The minimum atomic E-state index is -2.93. The van der Waals surface area contributed by atoms with E-state index in [0.717, 1.165) is 0 Å². The molecule has 16 heavy (non-hydrogen) atoms. The summed E-state index contributed by atoms with van der Waals surface area (Å²) in [5.74, 6) is -4.38. The monoisotopic (exact) mass is 227 g/mol. The van der Waals surface area contributed by atoms with Crippen LogP contribution < -0.4 is 5.76 Å². The van der Waals surface area contributed by atoms with Crippen LogP contribution in [0.15, 0.2) is 27.4 Å². The van der Waals surface area contributed by atoms with Crippen LogP contribution in [-0.4, -0.2) is 4.98 Å². The Morgan fingerprint density at radius 1 is 1.38 bits per heavy atom. The van der Waals surface area contributed by atoms with Crippen molar-refractivity contribution in [2.24, 2.45) is 5.92 Å². The molecule has 0 atom stereocenters. The maximum Gasteiger partial charge on any atom is 0.417 e. The molecule has 2 aromatic rings. The molecular formula is C11H11F2NO2. The van der Waals surface area contributed by atoms with E-state index >= 15 is 0 Å². The number of fused-ring (bicyclic) bond motifs is 1. The van der Waals surface area contributed by atoms with Crippen LogP contribution in [0.3, 0.4) is 0 Å². The van der Waals surface area contributed by atoms with Crippen molar-refractivity contribution in [1.29, 1.82) is 0 Å². The highest BCUT2D eigenvalue weighted by Gasteiger charge is 2.35. The van der Waals surface area contributed by atoms with E-state index in [9.17, 15) is 13.6 Å². The summed E-state index contributed by atoms with van der Waals surface area (Å²) in [5.41, 5.74) is 0.439. The average Bonchev–Trinajstić information content (AvgIpc) is 2.56. The molecule has 0 saturated heterocycles. The van der Waals surface area contributed by atoms with Gasteiger partial charge in [-0.1, -0.05) is 19.9 Å². The van der Waals surface area contributed by atoms with E-state index < -0.39 is 17.6 Å². The van der Waals surface area contributed by atoms with Crippen LogP contribution in [-0.2, 0) is 5.92 Å². The van der Waals surface area contributed by atoms with Gasteiger partial charge in [0, 0.05) is 11.5 Å². The number of halogens is 2. The Morgan fingerprint density at radius 2 is 2.06 bits per heavy atom. The number of H-pyrrole nitrogens is 1. The van der Waals surface area contributed by atoms with Crippen LogP contribution in [0, 0.1) is 5.92 Å². The van der Waals surface area contributed by atoms with Crippen LogP contribution in [0.4, 0.5) is 8.78 Å². The predicted octanol–water partition coefficient (Wildman–Crippen LogP) is 2.87. The Balaban J connectivity index is 2.58. The van der Waals surface area contributed by atoms with Gasteiger partial charge in [0.05, 0.1) is 5.52 Å². The van der Waals surface area contributed by atoms with Crippen molar-refractivity contribution in [2.75, 3.05) is 0 Å². The van der Waals surface area contributed by atoms with Crippen LogP contribution in [0.2, 0.25) is 0 Å². The predicted molar refractivity (Wildman–Crippen MR) is 55.6 cm³/mol. The SMILES string of the molecule is CC(C)C(F)(F)c1ccc2[nH]c(=O)oc2c1. The van der Waals surface area contributed by atoms with Crippen LogP contribution in [0.5, 0.6) is 0 Å². The number of alkyl halides is 2. The first-order valence-corrected chi connectivity index (χ1v) is 4.92. The lowest BCUT2D eigenvalue weighted by atomic mass is 9.98. The van der Waals surface area contributed by atoms with Crippen LogP contribution in [0.25, 0.3) is 11.1 Å². The van der Waals surface area contributed by atoms with Crippen molar-refractivity contribution in [3.05, 3.63) is 34.3 Å². The molecule has 86 valence electrons. The van der Waals surface area contributed by atoms with Gasteiger partial charge in [-0.05, 0) is 12.1 Å². The molecule has 3 nitrogen and oxygen atoms in total. The van der Waals surface area contributed by atoms with Gasteiger partial charge in [0.25, 0.3) is 5.92 Å². The number of hydrogen-bond donors (Lipinski definition) is 1. The molecule has 1 N–H and O–H groups in total. The van der Waals surface area contributed by atoms with Gasteiger partial charge in [-0.15, -0.1) is 0 Å². The Labute approximate surface area is 90.1 Å². The number of aromatic amines is 1. The highest BCUT2D eigenvalue weighted by molar-refractivity contribution is 5.73. The molecule has 2 rings (SSSR count). The smallest absolute Gasteiger partial charge is 0.408 e. The number of benzene rings is 1. The second kappa shape index (κ2) is 3.43. The van der Waals surface area contributed by atoms with E-state index in [-0.39, 0.29) is 11.1 Å². The molecule has 5 heteroatoms. The van der Waals surface area contributed by atoms with Gasteiger partial charge >= 0.3 is 5.76 Å². The zero-order valence-corrected chi connectivity index (χ0v) is 8.88. The third-order valence-electron chi connectivity index (χ3n) is 2.53. The minimum Gasteiger partial charge on any atom is -0.408 e. The summed E-state index contributed by atoms with van der Waals surface area (Å²) in [4.78, 5) is 13.3. The van der Waals surface area contributed by atoms with E-state index in [4.69, 9.17) is 4.42 Å². The molecule has 1 aromatic carbocycles. The molecule has 1 aromatic heterocycles. The lowest BCUT2D eigenvalue weighted by Gasteiger charge is -2.20. The number of nitrogens with one attached hydrogen (secondary N) is 1. The number of oxazole rings is 1. The van der Waals surface area contributed by atoms with Gasteiger partial charge < -0.3 is 4.42 Å².